The fourth-order valence-electron chi connectivity index (χ4n) is 3.88. The van der Waals surface area contributed by atoms with E-state index in [2.05, 4.69) is 23.6 Å². The number of likely N-dealkylation sites (N-methyl/N-ethyl adjacent to an activating group) is 1. The van der Waals surface area contributed by atoms with Crippen LogP contribution in [0.15, 0.2) is 0 Å². The lowest BCUT2D eigenvalue weighted by atomic mass is 9.71. The first-order chi connectivity index (χ1) is 8.76. The van der Waals surface area contributed by atoms with Crippen molar-refractivity contribution in [2.75, 3.05) is 52.5 Å². The van der Waals surface area contributed by atoms with E-state index in [0.29, 0.717) is 0 Å². The smallest absolute Gasteiger partial charge is 0.0593 e. The molecule has 0 saturated carbocycles. The maximum atomic E-state index is 6.20. The summed E-state index contributed by atoms with van der Waals surface area (Å²) in [5.74, 6) is 0.786. The van der Waals surface area contributed by atoms with Crippen molar-refractivity contribution in [2.24, 2.45) is 11.7 Å². The van der Waals surface area contributed by atoms with Gasteiger partial charge in [-0.05, 0) is 45.3 Å². The van der Waals surface area contributed by atoms with Gasteiger partial charge in [0.1, 0.15) is 0 Å². The Balaban J connectivity index is 2.04. The topological polar surface area (TPSA) is 41.7 Å². The van der Waals surface area contributed by atoms with E-state index >= 15 is 0 Å². The molecule has 18 heavy (non-hydrogen) atoms. The summed E-state index contributed by atoms with van der Waals surface area (Å²) in [6, 6.07) is 0. The summed E-state index contributed by atoms with van der Waals surface area (Å²) < 4.78 is 5.53. The molecule has 3 rings (SSSR count). The van der Waals surface area contributed by atoms with Crippen molar-refractivity contribution in [1.82, 2.24) is 9.80 Å². The van der Waals surface area contributed by atoms with Crippen LogP contribution in [-0.2, 0) is 4.74 Å². The van der Waals surface area contributed by atoms with Crippen molar-refractivity contribution >= 4 is 0 Å². The van der Waals surface area contributed by atoms with Crippen molar-refractivity contribution in [1.29, 1.82) is 0 Å². The first kappa shape index (κ1) is 14.3. The molecule has 0 aromatic heterocycles. The van der Waals surface area contributed by atoms with Gasteiger partial charge in [0, 0.05) is 31.8 Å². The molecular formula is C14H29N3O. The summed E-state index contributed by atoms with van der Waals surface area (Å²) in [7, 11) is 0. The first-order valence-electron chi connectivity index (χ1n) is 7.52. The second-order valence-electron chi connectivity index (χ2n) is 5.63. The Kier molecular flexibility index (Phi) is 5.01. The molecule has 3 aliphatic rings. The van der Waals surface area contributed by atoms with Gasteiger partial charge in [-0.3, -0.25) is 4.90 Å². The van der Waals surface area contributed by atoms with E-state index in [-0.39, 0.29) is 5.54 Å². The van der Waals surface area contributed by atoms with Crippen LogP contribution in [-0.4, -0.2) is 67.8 Å². The highest BCUT2D eigenvalue weighted by Gasteiger charge is 2.48. The van der Waals surface area contributed by atoms with Crippen LogP contribution in [0.3, 0.4) is 0 Å². The number of ether oxygens (including phenoxy) is 1. The summed E-state index contributed by atoms with van der Waals surface area (Å²) in [4.78, 5) is 5.18. The number of piperidine rings is 3. The van der Waals surface area contributed by atoms with Crippen LogP contribution < -0.4 is 5.73 Å². The molecule has 3 heterocycles. The lowest BCUT2D eigenvalue weighted by Crippen LogP contribution is -2.70. The molecule has 0 aliphatic carbocycles. The van der Waals surface area contributed by atoms with Crippen LogP contribution >= 0.6 is 0 Å². The van der Waals surface area contributed by atoms with Gasteiger partial charge in [0.25, 0.3) is 0 Å². The number of fused-ring (bicyclic) bond motifs is 3. The normalized spacial score (nSPS) is 35.3. The van der Waals surface area contributed by atoms with E-state index in [1.54, 1.807) is 0 Å². The minimum atomic E-state index is 0.211. The van der Waals surface area contributed by atoms with E-state index < -0.39 is 0 Å². The molecule has 0 aromatic carbocycles. The van der Waals surface area contributed by atoms with E-state index in [0.717, 1.165) is 45.3 Å². The molecule has 2 N–H and O–H groups in total. The van der Waals surface area contributed by atoms with Crippen LogP contribution in [0.1, 0.15) is 26.7 Å². The summed E-state index contributed by atoms with van der Waals surface area (Å²) in [5.41, 5.74) is 6.41. The lowest BCUT2D eigenvalue weighted by Gasteiger charge is -2.57. The average Bonchev–Trinajstić information content (AvgIpc) is 2.44. The molecule has 0 spiro atoms. The molecule has 1 atom stereocenters. The van der Waals surface area contributed by atoms with E-state index in [1.807, 2.05) is 0 Å². The second kappa shape index (κ2) is 6.33. The maximum Gasteiger partial charge on any atom is 0.0593 e. The predicted octanol–water partition coefficient (Wildman–Crippen LogP) is 0.768. The summed E-state index contributed by atoms with van der Waals surface area (Å²) in [6.45, 7) is 12.5. The molecule has 3 aliphatic heterocycles. The van der Waals surface area contributed by atoms with Crippen molar-refractivity contribution in [3.05, 3.63) is 0 Å². The van der Waals surface area contributed by atoms with Crippen molar-refractivity contribution < 1.29 is 4.74 Å². The molecule has 0 aromatic rings. The third-order valence-electron chi connectivity index (χ3n) is 4.92. The Morgan fingerprint density at radius 1 is 1.33 bits per heavy atom. The van der Waals surface area contributed by atoms with Gasteiger partial charge in [-0.1, -0.05) is 6.92 Å². The number of hydrogen-bond donors (Lipinski definition) is 1. The van der Waals surface area contributed by atoms with Gasteiger partial charge in [0.05, 0.1) is 6.61 Å². The van der Waals surface area contributed by atoms with Crippen molar-refractivity contribution in [3.8, 4) is 0 Å². The van der Waals surface area contributed by atoms with Gasteiger partial charge >= 0.3 is 0 Å². The van der Waals surface area contributed by atoms with Gasteiger partial charge in [0.15, 0.2) is 0 Å². The predicted molar refractivity (Wildman–Crippen MR) is 74.7 cm³/mol. The molecule has 3 fully saturated rings. The summed E-state index contributed by atoms with van der Waals surface area (Å²) >= 11 is 0. The standard InChI is InChI=1S/C14H29N3O/c1-3-17(9-10-18-4-2)14(11-15)12-16-7-5-13(14)6-8-16/h13H,3-12,15H2,1-2H3. The first-order valence-corrected chi connectivity index (χ1v) is 7.52. The molecule has 1 unspecified atom stereocenters. The molecule has 4 nitrogen and oxygen atoms in total. The Hall–Kier alpha value is -0.160. The highest BCUT2D eigenvalue weighted by molar-refractivity contribution is 5.05. The zero-order valence-electron chi connectivity index (χ0n) is 12.0. The van der Waals surface area contributed by atoms with Crippen LogP contribution in [0.5, 0.6) is 0 Å². The number of nitrogens with zero attached hydrogens (tertiary/aromatic N) is 2. The zero-order chi connectivity index (χ0) is 13.0. The van der Waals surface area contributed by atoms with Gasteiger partial charge in [0.2, 0.25) is 0 Å². The molecule has 106 valence electrons. The molecule has 2 bridgehead atoms. The molecule has 0 amide bonds. The molecule has 4 heteroatoms. The van der Waals surface area contributed by atoms with Crippen LogP contribution in [0, 0.1) is 5.92 Å². The van der Waals surface area contributed by atoms with Crippen molar-refractivity contribution in [3.63, 3.8) is 0 Å². The Bertz CT molecular complexity index is 253. The minimum Gasteiger partial charge on any atom is -0.380 e. The van der Waals surface area contributed by atoms with E-state index in [9.17, 15) is 0 Å². The lowest BCUT2D eigenvalue weighted by molar-refractivity contribution is -0.0725. The van der Waals surface area contributed by atoms with E-state index in [4.69, 9.17) is 10.5 Å². The monoisotopic (exact) mass is 255 g/mol. The quantitative estimate of drug-likeness (QED) is 0.682. The third-order valence-corrected chi connectivity index (χ3v) is 4.92. The van der Waals surface area contributed by atoms with Crippen LogP contribution in [0.25, 0.3) is 0 Å². The van der Waals surface area contributed by atoms with Gasteiger partial charge in [-0.2, -0.15) is 0 Å². The Morgan fingerprint density at radius 3 is 2.50 bits per heavy atom. The second-order valence-corrected chi connectivity index (χ2v) is 5.63. The molecular weight excluding hydrogens is 226 g/mol. The van der Waals surface area contributed by atoms with Gasteiger partial charge in [-0.15, -0.1) is 0 Å². The van der Waals surface area contributed by atoms with Crippen molar-refractivity contribution in [2.45, 2.75) is 32.2 Å². The SMILES string of the molecule is CCOCCN(CC)C1(CN)CN2CCC1CC2. The Labute approximate surface area is 111 Å². The number of hydrogen-bond acceptors (Lipinski definition) is 4. The van der Waals surface area contributed by atoms with Gasteiger partial charge in [-0.25, -0.2) is 0 Å². The van der Waals surface area contributed by atoms with Gasteiger partial charge < -0.3 is 15.4 Å². The zero-order valence-corrected chi connectivity index (χ0v) is 12.0. The Morgan fingerprint density at radius 2 is 2.06 bits per heavy atom. The summed E-state index contributed by atoms with van der Waals surface area (Å²) in [6.07, 6.45) is 2.64. The maximum absolute atomic E-state index is 6.20. The molecule has 0 radical (unpaired) electrons. The van der Waals surface area contributed by atoms with E-state index in [1.165, 1.54) is 25.9 Å². The summed E-state index contributed by atoms with van der Waals surface area (Å²) in [5, 5.41) is 0. The third kappa shape index (κ3) is 2.57. The largest absolute Gasteiger partial charge is 0.380 e. The number of rotatable bonds is 7. The fourth-order valence-corrected chi connectivity index (χ4v) is 3.88. The molecule has 3 saturated heterocycles. The number of nitrogens with two attached hydrogens (primary N) is 1. The van der Waals surface area contributed by atoms with Crippen LogP contribution in [0.2, 0.25) is 0 Å². The highest BCUT2D eigenvalue weighted by Crippen LogP contribution is 2.39. The van der Waals surface area contributed by atoms with Crippen LogP contribution in [0.4, 0.5) is 0 Å². The highest BCUT2D eigenvalue weighted by atomic mass is 16.5. The minimum absolute atomic E-state index is 0.211. The fraction of sp³-hybridized carbons (Fsp3) is 1.00. The average molecular weight is 255 g/mol.